The largest absolute Gasteiger partial charge is 0.477 e. The molecule has 0 aromatic rings. The normalized spacial score (nSPS) is 47.5. The van der Waals surface area contributed by atoms with Crippen LogP contribution in [-0.4, -0.2) is 594 Å². The Morgan fingerprint density at radius 2 is 0.672 bits per heavy atom. The van der Waals surface area contributed by atoms with Crippen molar-refractivity contribution in [2.45, 2.75) is 358 Å². The van der Waals surface area contributed by atoms with Crippen LogP contribution in [0, 0.1) is 0 Å². The van der Waals surface area contributed by atoms with Gasteiger partial charge in [-0.05, 0) is 0 Å². The number of ether oxygens (including phenoxy) is 19. The second kappa shape index (κ2) is 47.5. The van der Waals surface area contributed by atoms with Gasteiger partial charge < -0.3 is 280 Å². The molecule has 10 aliphatic rings. The molecule has 10 fully saturated rings. The van der Waals surface area contributed by atoms with Gasteiger partial charge in [0.15, 0.2) is 50.3 Å². The Balaban J connectivity index is 0.964. The number of carboxylic acids is 2. The van der Waals surface area contributed by atoms with Crippen molar-refractivity contribution in [3.63, 3.8) is 0 Å². The number of carboxylic acid groups (broad SMARTS) is 2. The molecule has 0 aromatic heterocycles. The van der Waals surface area contributed by atoms with E-state index < -0.39 is 433 Å². The number of aliphatic carboxylic acids is 2. The predicted molar refractivity (Wildman–Crippen MR) is 405 cm³/mol. The highest BCUT2D eigenvalue weighted by Gasteiger charge is 2.66. The fourth-order valence-corrected chi connectivity index (χ4v) is 17.2. The number of aliphatic hydroxyl groups excluding tert-OH is 31. The fraction of sp³-hybridized carbons (Fsp3) is 0.932. The molecule has 37 N–H and O–H groups in total. The van der Waals surface area contributed by atoms with Gasteiger partial charge in [0.2, 0.25) is 17.7 Å². The SMILES string of the molecule is CC(=O)N[C@H]1[C@H](O[C@H]2[C@@H](O)[C@@H](CO)O[C@@H](O[C@H]3[C@H](O)[C@@H](O)[C@H](O[C@H]4[C@H](O[C@H]5O[C@H]([C@@H](O)CO)[C@@H](O)[C@H](O[C@H]6O[C@H](CO)[C@@H](O)[C@H](O)[C@H]6O)[C@@H]5O[C@H]5O[C@H](CO)[C@@H](O)[C@H](O)[C@H]5NC(C)=O)[C@H](O)[C@@H](O[C@H]5[C@@H]([C@H](O)CO)O[C@@](O)(C(=O)O)C[C@H]5O)O[C@@H]4[C@@H](O)CO)O[C@@H]3CO)[C@@H]2O)O[C@H](CO)[C@@H](O[C@@H]2O[C@H](CO)[C@H](O)[C@H](O[C@]3(C(=O)O)C[C@H](O)[C@@H](NC(C)=O)[C@H]([C@H](O)[C@H](O)CO)O3)[C@H]2O)[C@@H]1O. The minimum Gasteiger partial charge on any atom is -0.477 e. The van der Waals surface area contributed by atoms with Crippen LogP contribution in [0.2, 0.25) is 0 Å². The van der Waals surface area contributed by atoms with Gasteiger partial charge in [0.05, 0.1) is 84.3 Å². The zero-order chi connectivity index (χ0) is 99.4. The number of nitrogens with one attached hydrogen (secondary N) is 3. The number of hydrogen-bond donors (Lipinski definition) is 37. The Bertz CT molecular complexity index is 3720. The smallest absolute Gasteiger partial charge is 0.364 e. The van der Waals surface area contributed by atoms with Gasteiger partial charge in [-0.25, -0.2) is 9.59 Å². The van der Waals surface area contributed by atoms with Crippen molar-refractivity contribution >= 4 is 29.7 Å². The van der Waals surface area contributed by atoms with Crippen LogP contribution in [-0.2, 0) is 114 Å². The summed E-state index contributed by atoms with van der Waals surface area (Å²) < 4.78 is 112. The Kier molecular flexibility index (Phi) is 39.4. The molecule has 61 nitrogen and oxygen atoms in total. The third-order valence-electron chi connectivity index (χ3n) is 24.3. The number of hydrogen-bond acceptors (Lipinski definition) is 56. The first-order chi connectivity index (χ1) is 63.1. The van der Waals surface area contributed by atoms with Crippen molar-refractivity contribution in [3.8, 4) is 0 Å². The van der Waals surface area contributed by atoms with Crippen LogP contribution < -0.4 is 16.0 Å². The number of aliphatic hydroxyl groups is 32. The molecule has 0 spiro atoms. The molecule has 3 amide bonds. The summed E-state index contributed by atoms with van der Waals surface area (Å²) in [6.45, 7) is -10.5. The molecule has 10 rings (SSSR count). The Labute approximate surface area is 755 Å². The first-order valence-corrected chi connectivity index (χ1v) is 42.0. The number of rotatable bonds is 38. The van der Waals surface area contributed by atoms with Crippen LogP contribution in [0.4, 0.5) is 0 Å². The number of carbonyl (C=O) groups is 5. The summed E-state index contributed by atoms with van der Waals surface area (Å²) in [6, 6.07) is -5.90. The summed E-state index contributed by atoms with van der Waals surface area (Å²) in [5.74, 6) is -14.1. The van der Waals surface area contributed by atoms with E-state index >= 15 is 0 Å². The molecular formula is C73H121N3O58. The van der Waals surface area contributed by atoms with Gasteiger partial charge >= 0.3 is 11.9 Å². The second-order valence-corrected chi connectivity index (χ2v) is 33.6. The van der Waals surface area contributed by atoms with Gasteiger partial charge in [0.25, 0.3) is 11.6 Å². The molecule has 10 heterocycles. The van der Waals surface area contributed by atoms with Gasteiger partial charge in [0, 0.05) is 33.6 Å². The van der Waals surface area contributed by atoms with Crippen LogP contribution in [0.1, 0.15) is 33.6 Å². The minimum atomic E-state index is -3.41. The van der Waals surface area contributed by atoms with Crippen LogP contribution in [0.5, 0.6) is 0 Å². The van der Waals surface area contributed by atoms with E-state index in [-0.39, 0.29) is 0 Å². The van der Waals surface area contributed by atoms with Gasteiger partial charge in [-0.3, -0.25) is 14.4 Å². The van der Waals surface area contributed by atoms with Crippen molar-refractivity contribution < 1.29 is 288 Å². The summed E-state index contributed by atoms with van der Waals surface area (Å²) >= 11 is 0. The zero-order valence-electron chi connectivity index (χ0n) is 70.9. The zero-order valence-corrected chi connectivity index (χ0v) is 70.9. The van der Waals surface area contributed by atoms with Crippen molar-refractivity contribution in [2.75, 3.05) is 66.1 Å². The highest BCUT2D eigenvalue weighted by molar-refractivity contribution is 5.77. The monoisotopic (exact) mass is 1970 g/mol. The average Bonchev–Trinajstić information content (AvgIpc) is 0.749. The molecule has 0 saturated carbocycles. The predicted octanol–water partition coefficient (Wildman–Crippen LogP) is -24.6. The maximum absolute atomic E-state index is 13.2. The second-order valence-electron chi connectivity index (χ2n) is 33.6. The van der Waals surface area contributed by atoms with Crippen molar-refractivity contribution in [3.05, 3.63) is 0 Å². The molecule has 0 bridgehead atoms. The lowest BCUT2D eigenvalue weighted by molar-refractivity contribution is -0.421. The highest BCUT2D eigenvalue weighted by atomic mass is 16.8. The van der Waals surface area contributed by atoms with E-state index in [4.69, 9.17) is 90.0 Å². The first-order valence-electron chi connectivity index (χ1n) is 42.0. The van der Waals surface area contributed by atoms with Gasteiger partial charge in [-0.2, -0.15) is 0 Å². The Hall–Kier alpha value is -4.69. The van der Waals surface area contributed by atoms with E-state index in [2.05, 4.69) is 16.0 Å². The van der Waals surface area contributed by atoms with E-state index in [1.807, 2.05) is 0 Å². The Morgan fingerprint density at radius 1 is 0.306 bits per heavy atom. The molecule has 53 atom stereocenters. The molecule has 0 aromatic carbocycles. The summed E-state index contributed by atoms with van der Waals surface area (Å²) in [4.78, 5) is 63.8. The molecule has 10 saturated heterocycles. The lowest BCUT2D eigenvalue weighted by atomic mass is 9.88. The molecular weight excluding hydrogens is 1850 g/mol. The molecule has 134 heavy (non-hydrogen) atoms. The standard InChI is InChI=1S/C73H121N3O58/c1-16(87)74-31-19(90)5-73(71(113)114,133-55(31)34(96)21(92)6-77)134-57-38(100)28(13-84)119-67(47(57)109)125-53-29(14-85)120-63(33(40(53)102)76-18(3)89)127-56-37(99)27(12-83)118-66(46(56)108)126-54-30(15-86)121-65(44(106)42(54)104)130-60-51(23(94)8-79)124-68(123-50-20(91)4-72(115,70(111)112)132-52(50)24(95)9-80)48(110)59(60)129-69-61(131-62-32(75-17(2)88)39(101)35(97)25(10-81)116-62)58(45(107)49(122-69)22(93)7-78)128-64-43(105)41(103)36(98)26(11-82)117-64/h19-69,77-86,90-110,115H,4-15H2,1-3H3,(H,74,87)(H,75,88)(H,76,89)(H,111,112)(H,113,114)/t19-,20+,21+,22-,23-,24+,25+,26+,27+,28+,29+,30+,31+,32+,33+,34+,35+,36+,37-,38-,39+,40+,41-,42+,43+,44+,45+,46+,47+,48-,49+,50+,51+,52+,53+,54+,55+,56-,57-,58-,59+,60+,61-,62+,63-,64+,65-,66-,67-,68-,69+,72+,73-/m0/s1. The van der Waals surface area contributed by atoms with Crippen molar-refractivity contribution in [1.82, 2.24) is 16.0 Å². The van der Waals surface area contributed by atoms with Crippen molar-refractivity contribution in [2.24, 2.45) is 0 Å². The number of amides is 3. The van der Waals surface area contributed by atoms with Gasteiger partial charge in [-0.15, -0.1) is 0 Å². The van der Waals surface area contributed by atoms with E-state index in [1.54, 1.807) is 0 Å². The third kappa shape index (κ3) is 23.8. The maximum Gasteiger partial charge on any atom is 0.364 e. The minimum absolute atomic E-state index is 0.855. The number of carbonyl (C=O) groups excluding carboxylic acids is 3. The topological polar surface area (TPSA) is 985 Å². The summed E-state index contributed by atoms with van der Waals surface area (Å²) in [6.07, 6.45) is -117. The summed E-state index contributed by atoms with van der Waals surface area (Å²) in [7, 11) is 0. The molecule has 0 unspecified atom stereocenters. The maximum atomic E-state index is 13.2. The molecule has 0 radical (unpaired) electrons. The van der Waals surface area contributed by atoms with Gasteiger partial charge in [0.1, 0.15) is 244 Å². The molecule has 776 valence electrons. The van der Waals surface area contributed by atoms with Crippen LogP contribution in [0.15, 0.2) is 0 Å². The van der Waals surface area contributed by atoms with E-state index in [0.29, 0.717) is 0 Å². The average molecular weight is 1970 g/mol. The molecule has 61 heteroatoms. The first kappa shape index (κ1) is 111. The summed E-state index contributed by atoms with van der Waals surface area (Å²) in [5.41, 5.74) is 0. The van der Waals surface area contributed by atoms with Crippen LogP contribution in [0.3, 0.4) is 0 Å². The van der Waals surface area contributed by atoms with E-state index in [1.165, 1.54) is 0 Å². The molecule has 10 aliphatic heterocycles. The van der Waals surface area contributed by atoms with Gasteiger partial charge in [-0.1, -0.05) is 0 Å². The van der Waals surface area contributed by atoms with E-state index in [0.717, 1.165) is 20.8 Å². The third-order valence-corrected chi connectivity index (χ3v) is 24.3. The van der Waals surface area contributed by atoms with Crippen LogP contribution in [0.25, 0.3) is 0 Å². The fourth-order valence-electron chi connectivity index (χ4n) is 17.2. The summed E-state index contributed by atoms with van der Waals surface area (Å²) in [5, 5.41) is 387. The highest BCUT2D eigenvalue weighted by Crippen LogP contribution is 2.45. The van der Waals surface area contributed by atoms with Crippen molar-refractivity contribution in [1.29, 1.82) is 0 Å². The Morgan fingerprint density at radius 3 is 1.17 bits per heavy atom. The quantitative estimate of drug-likeness (QED) is 0.0273. The lowest BCUT2D eigenvalue weighted by Crippen LogP contribution is -2.72. The van der Waals surface area contributed by atoms with E-state index in [9.17, 15) is 198 Å². The van der Waals surface area contributed by atoms with Crippen LogP contribution >= 0.6 is 0 Å². The lowest BCUT2D eigenvalue weighted by Gasteiger charge is -2.53. The molecule has 0 aliphatic carbocycles.